The molecule has 3 aromatic rings. The van der Waals surface area contributed by atoms with Crippen LogP contribution in [0.5, 0.6) is 0 Å². The fraction of sp³-hybridized carbons (Fsp3) is 0.0435. The molecule has 0 heterocycles. The fourth-order valence-electron chi connectivity index (χ4n) is 2.50. The van der Waals surface area contributed by atoms with Crippen molar-refractivity contribution in [2.75, 3.05) is 11.9 Å². The molecule has 25 heavy (non-hydrogen) atoms. The Morgan fingerprint density at radius 3 is 2.08 bits per heavy atom. The molecule has 0 atom stereocenters. The number of rotatable bonds is 3. The highest BCUT2D eigenvalue weighted by molar-refractivity contribution is 5.80. The lowest BCUT2D eigenvalue weighted by Gasteiger charge is -2.22. The minimum absolute atomic E-state index is 0.244. The van der Waals surface area contributed by atoms with Crippen molar-refractivity contribution in [2.45, 2.75) is 0 Å². The third kappa shape index (κ3) is 4.37. The molecule has 0 amide bonds. The third-order valence-electron chi connectivity index (χ3n) is 3.84. The Morgan fingerprint density at radius 1 is 0.840 bits per heavy atom. The first-order valence-corrected chi connectivity index (χ1v) is 8.05. The lowest BCUT2D eigenvalue weighted by Crippen LogP contribution is -2.15. The van der Waals surface area contributed by atoms with E-state index in [1.54, 1.807) is 12.1 Å². The average molecular weight is 327 g/mol. The van der Waals surface area contributed by atoms with Gasteiger partial charge in [0.15, 0.2) is 0 Å². The van der Waals surface area contributed by atoms with Gasteiger partial charge in [-0.1, -0.05) is 60.4 Å². The van der Waals surface area contributed by atoms with E-state index in [0.717, 1.165) is 22.5 Å². The van der Waals surface area contributed by atoms with Crippen molar-refractivity contribution in [1.29, 1.82) is 0 Å². The Kier molecular flexibility index (Phi) is 5.29. The summed E-state index contributed by atoms with van der Waals surface area (Å²) in [6.07, 6.45) is 1.89. The molecule has 0 aromatic heterocycles. The van der Waals surface area contributed by atoms with E-state index in [1.165, 1.54) is 12.1 Å². The molecule has 0 aliphatic carbocycles. The molecule has 0 saturated carbocycles. The zero-order chi connectivity index (χ0) is 17.5. The van der Waals surface area contributed by atoms with E-state index in [4.69, 9.17) is 0 Å². The Bertz CT molecular complexity index is 901. The number of anilines is 1. The van der Waals surface area contributed by atoms with E-state index < -0.39 is 0 Å². The Balaban J connectivity index is 1.97. The van der Waals surface area contributed by atoms with Gasteiger partial charge >= 0.3 is 0 Å². The van der Waals surface area contributed by atoms with Crippen LogP contribution in [0.1, 0.15) is 11.1 Å². The molecule has 122 valence electrons. The molecule has 0 fully saturated rings. The van der Waals surface area contributed by atoms with Crippen LogP contribution in [0.15, 0.2) is 91.0 Å². The molecule has 0 saturated heterocycles. The molecule has 0 aliphatic rings. The van der Waals surface area contributed by atoms with Gasteiger partial charge in [-0.25, -0.2) is 4.39 Å². The molecule has 0 bridgehead atoms. The normalized spacial score (nSPS) is 10.7. The average Bonchev–Trinajstić information content (AvgIpc) is 2.67. The van der Waals surface area contributed by atoms with Crippen LogP contribution in [0.25, 0.3) is 5.70 Å². The first kappa shape index (κ1) is 16.5. The summed E-state index contributed by atoms with van der Waals surface area (Å²) >= 11 is 0. The predicted octanol–water partition coefficient (Wildman–Crippen LogP) is 5.35. The van der Waals surface area contributed by atoms with E-state index in [2.05, 4.69) is 11.8 Å². The van der Waals surface area contributed by atoms with Crippen molar-refractivity contribution >= 4 is 11.4 Å². The van der Waals surface area contributed by atoms with Crippen molar-refractivity contribution in [2.24, 2.45) is 0 Å². The van der Waals surface area contributed by atoms with Gasteiger partial charge in [-0.05, 0) is 42.0 Å². The fourth-order valence-corrected chi connectivity index (χ4v) is 2.50. The van der Waals surface area contributed by atoms with Crippen LogP contribution in [-0.4, -0.2) is 7.05 Å². The summed E-state index contributed by atoms with van der Waals surface area (Å²) in [6, 6.07) is 26.4. The number of halogens is 1. The van der Waals surface area contributed by atoms with Gasteiger partial charge in [0.25, 0.3) is 0 Å². The van der Waals surface area contributed by atoms with E-state index in [1.807, 2.05) is 78.7 Å². The summed E-state index contributed by atoms with van der Waals surface area (Å²) in [5, 5.41) is 0. The van der Waals surface area contributed by atoms with Gasteiger partial charge in [0.05, 0.1) is 5.70 Å². The molecule has 3 aromatic carbocycles. The molecule has 1 nitrogen and oxygen atoms in total. The molecule has 0 aliphatic heterocycles. The standard InChI is InChI=1S/C23H18FN/c1-25(22-17-15-21(24)16-18-22)23(20-12-6-3-7-13-20)14-8-11-19-9-4-2-5-10-19/h2-7,9-10,12-18H,1H3/b23-14-. The van der Waals surface area contributed by atoms with Crippen molar-refractivity contribution in [1.82, 2.24) is 0 Å². The summed E-state index contributed by atoms with van der Waals surface area (Å²) in [7, 11) is 1.95. The van der Waals surface area contributed by atoms with Gasteiger partial charge in [0.1, 0.15) is 5.82 Å². The highest BCUT2D eigenvalue weighted by atomic mass is 19.1. The summed E-state index contributed by atoms with van der Waals surface area (Å²) < 4.78 is 13.2. The van der Waals surface area contributed by atoms with E-state index in [-0.39, 0.29) is 5.82 Å². The van der Waals surface area contributed by atoms with Gasteiger partial charge in [0, 0.05) is 24.4 Å². The lowest BCUT2D eigenvalue weighted by molar-refractivity contribution is 0.628. The SMILES string of the molecule is CN(/C(=C\C#Cc1ccccc1)c1ccccc1)c1ccc(F)cc1. The Hall–Kier alpha value is -3.31. The minimum Gasteiger partial charge on any atom is -0.344 e. The maximum Gasteiger partial charge on any atom is 0.123 e. The number of hydrogen-bond donors (Lipinski definition) is 0. The lowest BCUT2D eigenvalue weighted by atomic mass is 10.1. The molecular formula is C23H18FN. The second kappa shape index (κ2) is 7.99. The zero-order valence-electron chi connectivity index (χ0n) is 14.0. The van der Waals surface area contributed by atoms with E-state index in [0.29, 0.717) is 0 Å². The largest absolute Gasteiger partial charge is 0.344 e. The second-order valence-corrected chi connectivity index (χ2v) is 5.57. The van der Waals surface area contributed by atoms with Crippen LogP contribution < -0.4 is 4.90 Å². The van der Waals surface area contributed by atoms with Crippen LogP contribution in [-0.2, 0) is 0 Å². The number of hydrogen-bond acceptors (Lipinski definition) is 1. The summed E-state index contributed by atoms with van der Waals surface area (Å²) in [6.45, 7) is 0. The Labute approximate surface area is 148 Å². The van der Waals surface area contributed by atoms with Crippen LogP contribution in [0.3, 0.4) is 0 Å². The first-order valence-electron chi connectivity index (χ1n) is 8.05. The molecule has 0 N–H and O–H groups in total. The highest BCUT2D eigenvalue weighted by Crippen LogP contribution is 2.24. The molecule has 2 heteroatoms. The van der Waals surface area contributed by atoms with Gasteiger partial charge in [0.2, 0.25) is 0 Å². The van der Waals surface area contributed by atoms with Crippen LogP contribution in [0.2, 0.25) is 0 Å². The zero-order valence-corrected chi connectivity index (χ0v) is 14.0. The summed E-state index contributed by atoms with van der Waals surface area (Å²) in [5.74, 6) is 6.04. The van der Waals surface area contributed by atoms with Gasteiger partial charge < -0.3 is 4.90 Å². The van der Waals surface area contributed by atoms with Crippen LogP contribution >= 0.6 is 0 Å². The maximum atomic E-state index is 13.2. The van der Waals surface area contributed by atoms with Crippen molar-refractivity contribution in [3.05, 3.63) is 108 Å². The van der Waals surface area contributed by atoms with Gasteiger partial charge in [-0.3, -0.25) is 0 Å². The monoisotopic (exact) mass is 327 g/mol. The number of nitrogens with zero attached hydrogens (tertiary/aromatic N) is 1. The first-order chi connectivity index (χ1) is 12.2. The quantitative estimate of drug-likeness (QED) is 0.586. The smallest absolute Gasteiger partial charge is 0.123 e. The molecule has 0 spiro atoms. The van der Waals surface area contributed by atoms with Crippen molar-refractivity contribution in [3.8, 4) is 11.8 Å². The molecule has 0 radical (unpaired) electrons. The number of benzene rings is 3. The summed E-state index contributed by atoms with van der Waals surface area (Å²) in [5.41, 5.74) is 3.88. The third-order valence-corrected chi connectivity index (χ3v) is 3.84. The maximum absolute atomic E-state index is 13.2. The molecular weight excluding hydrogens is 309 g/mol. The molecule has 3 rings (SSSR count). The van der Waals surface area contributed by atoms with Crippen molar-refractivity contribution < 1.29 is 4.39 Å². The number of allylic oxidation sites excluding steroid dienone is 1. The second-order valence-electron chi connectivity index (χ2n) is 5.57. The van der Waals surface area contributed by atoms with Gasteiger partial charge in [-0.2, -0.15) is 0 Å². The molecule has 0 unspecified atom stereocenters. The van der Waals surface area contributed by atoms with Crippen molar-refractivity contribution in [3.63, 3.8) is 0 Å². The van der Waals surface area contributed by atoms with E-state index >= 15 is 0 Å². The van der Waals surface area contributed by atoms with Gasteiger partial charge in [-0.15, -0.1) is 0 Å². The van der Waals surface area contributed by atoms with Crippen LogP contribution in [0.4, 0.5) is 10.1 Å². The topological polar surface area (TPSA) is 3.24 Å². The Morgan fingerprint density at radius 2 is 1.44 bits per heavy atom. The minimum atomic E-state index is -0.244. The highest BCUT2D eigenvalue weighted by Gasteiger charge is 2.09. The van der Waals surface area contributed by atoms with E-state index in [9.17, 15) is 4.39 Å². The van der Waals surface area contributed by atoms with Crippen LogP contribution in [0, 0.1) is 17.7 Å². The predicted molar refractivity (Wildman–Crippen MR) is 103 cm³/mol. The summed E-state index contributed by atoms with van der Waals surface area (Å²) in [4.78, 5) is 2.01.